The van der Waals surface area contributed by atoms with Gasteiger partial charge in [-0.25, -0.2) is 0 Å². The Hall–Kier alpha value is -2.09. The van der Waals surface area contributed by atoms with Crippen LogP contribution in [0.4, 0.5) is 0 Å². The third kappa shape index (κ3) is 2.44. The highest BCUT2D eigenvalue weighted by Gasteiger charge is 1.87. The van der Waals surface area contributed by atoms with Crippen LogP contribution in [0.15, 0.2) is 59.5 Å². The largest absolute Gasteiger partial charge is 0.291 e. The molecule has 0 aliphatic heterocycles. The van der Waals surface area contributed by atoms with Crippen LogP contribution >= 0.6 is 0 Å². The summed E-state index contributed by atoms with van der Waals surface area (Å²) in [5.74, 6) is 0. The highest BCUT2D eigenvalue weighted by Crippen LogP contribution is 2.01. The zero-order valence-corrected chi connectivity index (χ0v) is 8.21. The molecule has 0 bridgehead atoms. The highest BCUT2D eigenvalue weighted by molar-refractivity contribution is 5.60. The Labute approximate surface area is 88.1 Å². The zero-order chi connectivity index (χ0) is 10.5. The lowest BCUT2D eigenvalue weighted by molar-refractivity contribution is 1.06. The minimum absolute atomic E-state index is 0.0234. The third-order valence-corrected chi connectivity index (χ3v) is 2.08. The van der Waals surface area contributed by atoms with Crippen LogP contribution in [0, 0.1) is 0 Å². The van der Waals surface area contributed by atoms with Crippen LogP contribution < -0.4 is 5.56 Å². The monoisotopic (exact) mass is 197 g/mol. The molecule has 15 heavy (non-hydrogen) atoms. The van der Waals surface area contributed by atoms with Crippen LogP contribution in [0.5, 0.6) is 0 Å². The van der Waals surface area contributed by atoms with Gasteiger partial charge >= 0.3 is 0 Å². The first-order valence-electron chi connectivity index (χ1n) is 4.77. The van der Waals surface area contributed by atoms with Gasteiger partial charge in [0.05, 0.1) is 0 Å². The van der Waals surface area contributed by atoms with E-state index in [9.17, 15) is 4.79 Å². The van der Waals surface area contributed by atoms with Crippen LogP contribution in [-0.2, 0) is 0 Å². The molecule has 2 nitrogen and oxygen atoms in total. The molecule has 0 spiro atoms. The van der Waals surface area contributed by atoms with Crippen molar-refractivity contribution >= 4 is 12.3 Å². The van der Waals surface area contributed by atoms with E-state index in [1.54, 1.807) is 23.0 Å². The van der Waals surface area contributed by atoms with Crippen LogP contribution in [0.1, 0.15) is 5.56 Å². The molecule has 1 aromatic carbocycles. The van der Waals surface area contributed by atoms with Gasteiger partial charge in [0.15, 0.2) is 0 Å². The molecule has 2 aromatic rings. The number of pyridine rings is 1. The van der Waals surface area contributed by atoms with Crippen LogP contribution in [0.25, 0.3) is 12.3 Å². The molecule has 0 saturated carbocycles. The van der Waals surface area contributed by atoms with Gasteiger partial charge in [-0.15, -0.1) is 0 Å². The molecule has 1 heterocycles. The first-order chi connectivity index (χ1) is 7.36. The maximum atomic E-state index is 11.4. The highest BCUT2D eigenvalue weighted by atomic mass is 16.1. The molecule has 0 unspecified atom stereocenters. The predicted molar refractivity (Wildman–Crippen MR) is 62.4 cm³/mol. The smallest absolute Gasteiger partial charge is 0.254 e. The van der Waals surface area contributed by atoms with Crippen molar-refractivity contribution in [3.63, 3.8) is 0 Å². The Kier molecular flexibility index (Phi) is 2.79. The topological polar surface area (TPSA) is 22.0 Å². The average Bonchev–Trinajstić information content (AvgIpc) is 2.29. The molecule has 0 aliphatic carbocycles. The van der Waals surface area contributed by atoms with Gasteiger partial charge in [-0.1, -0.05) is 36.4 Å². The van der Waals surface area contributed by atoms with E-state index in [1.807, 2.05) is 42.5 Å². The lowest BCUT2D eigenvalue weighted by atomic mass is 10.2. The van der Waals surface area contributed by atoms with Crippen molar-refractivity contribution in [2.75, 3.05) is 0 Å². The lowest BCUT2D eigenvalue weighted by Crippen LogP contribution is -2.11. The van der Waals surface area contributed by atoms with Crippen LogP contribution in [0.2, 0.25) is 0 Å². The number of benzene rings is 1. The molecule has 0 amide bonds. The standard InChI is InChI=1S/C13H11NO/c15-13-8-4-5-10-14(13)11-9-12-6-2-1-3-7-12/h1-11H/b11-9+. The first kappa shape index (κ1) is 9.46. The SMILES string of the molecule is O=c1ccccn1/C=C/c1ccccc1. The number of hydrogen-bond acceptors (Lipinski definition) is 1. The molecule has 0 atom stereocenters. The summed E-state index contributed by atoms with van der Waals surface area (Å²) in [6.45, 7) is 0. The van der Waals surface area contributed by atoms with Crippen molar-refractivity contribution in [3.8, 4) is 0 Å². The molecular weight excluding hydrogens is 186 g/mol. The fraction of sp³-hybridized carbons (Fsp3) is 0. The van der Waals surface area contributed by atoms with Gasteiger partial charge in [-0.05, 0) is 17.7 Å². The average molecular weight is 197 g/mol. The molecule has 0 aliphatic rings. The van der Waals surface area contributed by atoms with E-state index in [2.05, 4.69) is 0 Å². The second-order valence-corrected chi connectivity index (χ2v) is 3.17. The quantitative estimate of drug-likeness (QED) is 0.725. The second-order valence-electron chi connectivity index (χ2n) is 3.17. The summed E-state index contributed by atoms with van der Waals surface area (Å²) in [5, 5.41) is 0. The van der Waals surface area contributed by atoms with E-state index in [1.165, 1.54) is 6.07 Å². The minimum atomic E-state index is -0.0234. The summed E-state index contributed by atoms with van der Waals surface area (Å²) in [5.41, 5.74) is 1.05. The molecule has 0 saturated heterocycles. The summed E-state index contributed by atoms with van der Waals surface area (Å²) in [6.07, 6.45) is 5.40. The Morgan fingerprint density at radius 2 is 1.67 bits per heavy atom. The van der Waals surface area contributed by atoms with Crippen molar-refractivity contribution in [2.24, 2.45) is 0 Å². The number of nitrogens with zero attached hydrogens (tertiary/aromatic N) is 1. The van der Waals surface area contributed by atoms with Gasteiger partial charge in [-0.2, -0.15) is 0 Å². The summed E-state index contributed by atoms with van der Waals surface area (Å²) >= 11 is 0. The minimum Gasteiger partial charge on any atom is -0.291 e. The van der Waals surface area contributed by atoms with E-state index < -0.39 is 0 Å². The van der Waals surface area contributed by atoms with E-state index in [-0.39, 0.29) is 5.56 Å². The van der Waals surface area contributed by atoms with Crippen LogP contribution in [-0.4, -0.2) is 4.57 Å². The molecule has 0 radical (unpaired) electrons. The zero-order valence-electron chi connectivity index (χ0n) is 8.21. The van der Waals surface area contributed by atoms with Crippen molar-refractivity contribution in [1.29, 1.82) is 0 Å². The van der Waals surface area contributed by atoms with Crippen molar-refractivity contribution in [3.05, 3.63) is 70.6 Å². The Balaban J connectivity index is 2.27. The number of rotatable bonds is 2. The first-order valence-corrected chi connectivity index (χ1v) is 4.77. The summed E-state index contributed by atoms with van der Waals surface area (Å²) in [7, 11) is 0. The van der Waals surface area contributed by atoms with Crippen molar-refractivity contribution in [2.45, 2.75) is 0 Å². The van der Waals surface area contributed by atoms with Crippen LogP contribution in [0.3, 0.4) is 0 Å². The van der Waals surface area contributed by atoms with Crippen molar-refractivity contribution < 1.29 is 0 Å². The summed E-state index contributed by atoms with van der Waals surface area (Å²) < 4.78 is 1.55. The molecular formula is C13H11NO. The van der Waals surface area contributed by atoms with E-state index in [0.717, 1.165) is 5.56 Å². The molecule has 0 N–H and O–H groups in total. The Morgan fingerprint density at radius 3 is 2.40 bits per heavy atom. The summed E-state index contributed by atoms with van der Waals surface area (Å²) in [4.78, 5) is 11.4. The number of aromatic nitrogens is 1. The van der Waals surface area contributed by atoms with E-state index >= 15 is 0 Å². The maximum Gasteiger partial charge on any atom is 0.254 e. The Bertz CT molecular complexity index is 511. The molecule has 1 aromatic heterocycles. The van der Waals surface area contributed by atoms with Gasteiger partial charge in [0.1, 0.15) is 0 Å². The molecule has 0 fully saturated rings. The van der Waals surface area contributed by atoms with E-state index in [0.29, 0.717) is 0 Å². The van der Waals surface area contributed by atoms with Crippen molar-refractivity contribution in [1.82, 2.24) is 4.57 Å². The van der Waals surface area contributed by atoms with E-state index in [4.69, 9.17) is 0 Å². The van der Waals surface area contributed by atoms with Gasteiger partial charge < -0.3 is 0 Å². The number of hydrogen-bond donors (Lipinski definition) is 0. The normalized spacial score (nSPS) is 10.7. The molecule has 2 heteroatoms. The second kappa shape index (κ2) is 4.42. The van der Waals surface area contributed by atoms with Gasteiger partial charge in [0.25, 0.3) is 5.56 Å². The predicted octanol–water partition coefficient (Wildman–Crippen LogP) is 2.48. The lowest BCUT2D eigenvalue weighted by Gasteiger charge is -1.96. The fourth-order valence-corrected chi connectivity index (χ4v) is 1.29. The third-order valence-electron chi connectivity index (χ3n) is 2.08. The fourth-order valence-electron chi connectivity index (χ4n) is 1.29. The molecule has 2 rings (SSSR count). The van der Waals surface area contributed by atoms with Gasteiger partial charge in [-0.3, -0.25) is 9.36 Å². The maximum absolute atomic E-state index is 11.4. The Morgan fingerprint density at radius 1 is 0.933 bits per heavy atom. The molecule has 74 valence electrons. The summed E-state index contributed by atoms with van der Waals surface area (Å²) in [6, 6.07) is 15.0. The van der Waals surface area contributed by atoms with Gasteiger partial charge in [0.2, 0.25) is 0 Å². The van der Waals surface area contributed by atoms with Gasteiger partial charge in [0, 0.05) is 18.5 Å².